The van der Waals surface area contributed by atoms with E-state index in [2.05, 4.69) is 4.98 Å². The van der Waals surface area contributed by atoms with Crippen LogP contribution in [0.15, 0.2) is 12.1 Å². The van der Waals surface area contributed by atoms with Gasteiger partial charge >= 0.3 is 0 Å². The monoisotopic (exact) mass is 198 g/mol. The van der Waals surface area contributed by atoms with Crippen molar-refractivity contribution in [3.05, 3.63) is 17.3 Å². The highest BCUT2D eigenvalue weighted by molar-refractivity contribution is 6.29. The molecule has 0 unspecified atom stereocenters. The lowest BCUT2D eigenvalue weighted by molar-refractivity contribution is 0.290. The van der Waals surface area contributed by atoms with Crippen LogP contribution in [0, 0.1) is 5.92 Å². The molecule has 1 aromatic heterocycles. The molecule has 1 saturated carbocycles. The summed E-state index contributed by atoms with van der Waals surface area (Å²) < 4.78 is 5.42. The van der Waals surface area contributed by atoms with Crippen molar-refractivity contribution in [1.82, 2.24) is 4.98 Å². The molecule has 0 amide bonds. The van der Waals surface area contributed by atoms with Gasteiger partial charge in [-0.1, -0.05) is 11.6 Å². The molecule has 1 aliphatic carbocycles. The highest BCUT2D eigenvalue weighted by Gasteiger charge is 2.22. The number of aromatic nitrogens is 1. The lowest BCUT2D eigenvalue weighted by Gasteiger charge is -2.06. The Balaban J connectivity index is 2.03. The van der Waals surface area contributed by atoms with Crippen molar-refractivity contribution in [3.63, 3.8) is 0 Å². The number of nitrogens with two attached hydrogens (primary N) is 1. The topological polar surface area (TPSA) is 48.1 Å². The first-order valence-corrected chi connectivity index (χ1v) is 4.68. The molecule has 70 valence electrons. The van der Waals surface area contributed by atoms with Gasteiger partial charge < -0.3 is 10.5 Å². The molecule has 4 heteroatoms. The zero-order chi connectivity index (χ0) is 9.26. The fourth-order valence-corrected chi connectivity index (χ4v) is 1.17. The summed E-state index contributed by atoms with van der Waals surface area (Å²) in [5.74, 6) is 1.15. The number of pyridine rings is 1. The first-order valence-electron chi connectivity index (χ1n) is 4.30. The van der Waals surface area contributed by atoms with Crippen LogP contribution in [0.2, 0.25) is 5.15 Å². The molecule has 2 rings (SSSR count). The van der Waals surface area contributed by atoms with Crippen LogP contribution in [0.4, 0.5) is 5.69 Å². The van der Waals surface area contributed by atoms with Gasteiger partial charge in [-0.3, -0.25) is 0 Å². The van der Waals surface area contributed by atoms with Gasteiger partial charge in [0.15, 0.2) is 0 Å². The third-order valence-corrected chi connectivity index (χ3v) is 2.22. The summed E-state index contributed by atoms with van der Waals surface area (Å²) in [5, 5.41) is 0.417. The van der Waals surface area contributed by atoms with Crippen LogP contribution in [0.3, 0.4) is 0 Å². The summed E-state index contributed by atoms with van der Waals surface area (Å²) in [6.07, 6.45) is 2.50. The van der Waals surface area contributed by atoms with Crippen molar-refractivity contribution >= 4 is 17.3 Å². The van der Waals surface area contributed by atoms with Gasteiger partial charge in [-0.05, 0) is 30.9 Å². The molecule has 0 atom stereocenters. The molecule has 1 aromatic rings. The average Bonchev–Trinajstić information content (AvgIpc) is 2.90. The van der Waals surface area contributed by atoms with Gasteiger partial charge in [0.1, 0.15) is 5.15 Å². The van der Waals surface area contributed by atoms with Crippen LogP contribution in [-0.2, 0) is 0 Å². The maximum absolute atomic E-state index is 5.70. The highest BCUT2D eigenvalue weighted by Crippen LogP contribution is 2.30. The number of nitrogen functional groups attached to an aromatic ring is 1. The van der Waals surface area contributed by atoms with E-state index in [4.69, 9.17) is 22.1 Å². The minimum atomic E-state index is 0.417. The molecule has 2 N–H and O–H groups in total. The minimum Gasteiger partial charge on any atom is -0.476 e. The van der Waals surface area contributed by atoms with E-state index in [1.165, 1.54) is 12.8 Å². The lowest BCUT2D eigenvalue weighted by Crippen LogP contribution is -2.03. The van der Waals surface area contributed by atoms with Crippen LogP contribution in [0.25, 0.3) is 0 Å². The molecule has 3 nitrogen and oxygen atoms in total. The fraction of sp³-hybridized carbons (Fsp3) is 0.444. The van der Waals surface area contributed by atoms with Gasteiger partial charge in [-0.2, -0.15) is 4.98 Å². The zero-order valence-corrected chi connectivity index (χ0v) is 7.92. The summed E-state index contributed by atoms with van der Waals surface area (Å²) in [7, 11) is 0. The maximum Gasteiger partial charge on any atom is 0.238 e. The SMILES string of the molecule is Nc1ccc(Cl)nc1OCC1CC1. The second-order valence-electron chi connectivity index (χ2n) is 3.28. The summed E-state index contributed by atoms with van der Waals surface area (Å²) in [4.78, 5) is 3.99. The normalized spacial score (nSPS) is 15.8. The van der Waals surface area contributed by atoms with Crippen LogP contribution in [0.1, 0.15) is 12.8 Å². The van der Waals surface area contributed by atoms with E-state index in [9.17, 15) is 0 Å². The van der Waals surface area contributed by atoms with Crippen molar-refractivity contribution in [3.8, 4) is 5.88 Å². The summed E-state index contributed by atoms with van der Waals surface area (Å²) in [5.41, 5.74) is 6.20. The quantitative estimate of drug-likeness (QED) is 0.757. The highest BCUT2D eigenvalue weighted by atomic mass is 35.5. The molecule has 1 aliphatic rings. The molecule has 0 bridgehead atoms. The number of halogens is 1. The van der Waals surface area contributed by atoms with E-state index >= 15 is 0 Å². The standard InChI is InChI=1S/C9H11ClN2O/c10-8-4-3-7(11)9(12-8)13-5-6-1-2-6/h3-4,6H,1-2,5,11H2. The largest absolute Gasteiger partial charge is 0.476 e. The van der Waals surface area contributed by atoms with Gasteiger partial charge in [0.25, 0.3) is 0 Å². The van der Waals surface area contributed by atoms with Crippen molar-refractivity contribution in [2.24, 2.45) is 5.92 Å². The van der Waals surface area contributed by atoms with E-state index in [-0.39, 0.29) is 0 Å². The van der Waals surface area contributed by atoms with Gasteiger partial charge in [-0.15, -0.1) is 0 Å². The molecule has 0 aliphatic heterocycles. The molecular weight excluding hydrogens is 188 g/mol. The maximum atomic E-state index is 5.70. The van der Waals surface area contributed by atoms with Crippen LogP contribution >= 0.6 is 11.6 Å². The van der Waals surface area contributed by atoms with Crippen LogP contribution < -0.4 is 10.5 Å². The summed E-state index contributed by atoms with van der Waals surface area (Å²) >= 11 is 5.70. The minimum absolute atomic E-state index is 0.417. The second-order valence-corrected chi connectivity index (χ2v) is 3.67. The molecule has 0 aromatic carbocycles. The number of anilines is 1. The second kappa shape index (κ2) is 3.42. The van der Waals surface area contributed by atoms with E-state index in [1.807, 2.05) is 0 Å². The van der Waals surface area contributed by atoms with Crippen molar-refractivity contribution in [2.45, 2.75) is 12.8 Å². The molecule has 13 heavy (non-hydrogen) atoms. The number of rotatable bonds is 3. The van der Waals surface area contributed by atoms with E-state index in [0.29, 0.717) is 29.2 Å². The Hall–Kier alpha value is -0.960. The fourth-order valence-electron chi connectivity index (χ4n) is 1.03. The first-order chi connectivity index (χ1) is 6.25. The van der Waals surface area contributed by atoms with E-state index in [1.54, 1.807) is 12.1 Å². The number of hydrogen-bond donors (Lipinski definition) is 1. The Kier molecular flexibility index (Phi) is 2.27. The smallest absolute Gasteiger partial charge is 0.238 e. The van der Waals surface area contributed by atoms with Gasteiger partial charge in [0.2, 0.25) is 5.88 Å². The summed E-state index contributed by atoms with van der Waals surface area (Å²) in [6.45, 7) is 0.706. The predicted molar refractivity (Wildman–Crippen MR) is 51.9 cm³/mol. The average molecular weight is 199 g/mol. The molecule has 0 spiro atoms. The summed E-state index contributed by atoms with van der Waals surface area (Å²) in [6, 6.07) is 3.36. The van der Waals surface area contributed by atoms with E-state index in [0.717, 1.165) is 0 Å². The lowest BCUT2D eigenvalue weighted by atomic mass is 10.4. The van der Waals surface area contributed by atoms with Crippen molar-refractivity contribution in [2.75, 3.05) is 12.3 Å². The third kappa shape index (κ3) is 2.25. The van der Waals surface area contributed by atoms with Crippen LogP contribution in [0.5, 0.6) is 5.88 Å². The predicted octanol–water partition coefficient (Wildman–Crippen LogP) is 2.11. The molecule has 0 radical (unpaired) electrons. The van der Waals surface area contributed by atoms with Gasteiger partial charge in [-0.25, -0.2) is 0 Å². The van der Waals surface area contributed by atoms with Gasteiger partial charge in [0.05, 0.1) is 12.3 Å². The Morgan fingerprint density at radius 3 is 3.00 bits per heavy atom. The van der Waals surface area contributed by atoms with Gasteiger partial charge in [0, 0.05) is 0 Å². The molecule has 1 heterocycles. The molecule has 1 fully saturated rings. The Labute approximate surface area is 81.9 Å². The molecule has 0 saturated heterocycles. The first kappa shape index (κ1) is 8.63. The Morgan fingerprint density at radius 1 is 1.54 bits per heavy atom. The van der Waals surface area contributed by atoms with Crippen molar-refractivity contribution < 1.29 is 4.74 Å². The number of ether oxygens (including phenoxy) is 1. The number of nitrogens with zero attached hydrogens (tertiary/aromatic N) is 1. The van der Waals surface area contributed by atoms with E-state index < -0.39 is 0 Å². The number of hydrogen-bond acceptors (Lipinski definition) is 3. The zero-order valence-electron chi connectivity index (χ0n) is 7.16. The molecular formula is C9H11ClN2O. The van der Waals surface area contributed by atoms with Crippen molar-refractivity contribution in [1.29, 1.82) is 0 Å². The Morgan fingerprint density at radius 2 is 2.31 bits per heavy atom. The third-order valence-electron chi connectivity index (χ3n) is 2.01. The van der Waals surface area contributed by atoms with Crippen LogP contribution in [-0.4, -0.2) is 11.6 Å². The Bertz CT molecular complexity index is 312.